The van der Waals surface area contributed by atoms with Crippen LogP contribution < -0.4 is 5.14 Å². The average molecular weight is 267 g/mol. The molecule has 0 atom stereocenters. The van der Waals surface area contributed by atoms with Gasteiger partial charge in [-0.25, -0.2) is 13.6 Å². The minimum absolute atomic E-state index is 0.135. The Morgan fingerprint density at radius 1 is 0.882 bits per heavy atom. The van der Waals surface area contributed by atoms with E-state index >= 15 is 0 Å². The van der Waals surface area contributed by atoms with Gasteiger partial charge in [-0.05, 0) is 6.42 Å². The van der Waals surface area contributed by atoms with Gasteiger partial charge in [0.25, 0.3) is 0 Å². The molecule has 0 aliphatic carbocycles. The van der Waals surface area contributed by atoms with Crippen LogP contribution in [0.4, 0.5) is 0 Å². The summed E-state index contributed by atoms with van der Waals surface area (Å²) < 4.78 is 31.5. The van der Waals surface area contributed by atoms with E-state index in [9.17, 15) is 8.42 Å². The molecule has 0 aliphatic heterocycles. The zero-order valence-corrected chi connectivity index (χ0v) is 11.5. The molecule has 6 heteroatoms. The Labute approximate surface area is 105 Å². The summed E-state index contributed by atoms with van der Waals surface area (Å²) >= 11 is 0. The van der Waals surface area contributed by atoms with E-state index in [0.717, 1.165) is 13.0 Å². The van der Waals surface area contributed by atoms with Crippen molar-refractivity contribution in [3.8, 4) is 0 Å². The van der Waals surface area contributed by atoms with Crippen LogP contribution in [0.25, 0.3) is 0 Å². The molecule has 0 aromatic carbocycles. The summed E-state index contributed by atoms with van der Waals surface area (Å²) in [5.41, 5.74) is 0. The molecule has 0 bridgehead atoms. The summed E-state index contributed by atoms with van der Waals surface area (Å²) in [4.78, 5) is 0. The van der Waals surface area contributed by atoms with Gasteiger partial charge in [-0.1, -0.05) is 32.6 Å². The molecule has 104 valence electrons. The molecule has 0 rings (SSSR count). The lowest BCUT2D eigenvalue weighted by atomic mass is 10.2. The monoisotopic (exact) mass is 267 g/mol. The van der Waals surface area contributed by atoms with Gasteiger partial charge in [-0.15, -0.1) is 0 Å². The predicted octanol–water partition coefficient (Wildman–Crippen LogP) is 1.28. The summed E-state index contributed by atoms with van der Waals surface area (Å²) in [5.74, 6) is -0.135. The summed E-state index contributed by atoms with van der Waals surface area (Å²) in [6.45, 7) is 4.01. The van der Waals surface area contributed by atoms with Crippen LogP contribution in [-0.4, -0.2) is 40.6 Å². The fraction of sp³-hybridized carbons (Fsp3) is 1.00. The third-order valence-electron chi connectivity index (χ3n) is 2.28. The zero-order valence-electron chi connectivity index (χ0n) is 10.7. The number of nitrogens with two attached hydrogens (primary N) is 1. The lowest BCUT2D eigenvalue weighted by Crippen LogP contribution is -2.21. The number of sulfonamides is 1. The molecule has 0 saturated heterocycles. The standard InChI is InChI=1S/C11H25NO4S/c1-2-3-4-5-6-7-15-8-9-16-10-11-17(12,13)14/h2-11H2,1H3,(H2,12,13,14). The Kier molecular flexibility index (Phi) is 10.8. The Morgan fingerprint density at radius 3 is 2.06 bits per heavy atom. The summed E-state index contributed by atoms with van der Waals surface area (Å²) in [6, 6.07) is 0. The third-order valence-corrected chi connectivity index (χ3v) is 3.01. The van der Waals surface area contributed by atoms with Crippen molar-refractivity contribution in [2.75, 3.05) is 32.2 Å². The maximum absolute atomic E-state index is 10.6. The number of hydrogen-bond acceptors (Lipinski definition) is 4. The fourth-order valence-electron chi connectivity index (χ4n) is 1.30. The van der Waals surface area contributed by atoms with Crippen molar-refractivity contribution in [3.05, 3.63) is 0 Å². The maximum Gasteiger partial charge on any atom is 0.211 e. The topological polar surface area (TPSA) is 78.6 Å². The lowest BCUT2D eigenvalue weighted by molar-refractivity contribution is 0.0519. The van der Waals surface area contributed by atoms with Gasteiger partial charge in [-0.3, -0.25) is 0 Å². The molecule has 0 radical (unpaired) electrons. The molecule has 0 heterocycles. The summed E-state index contributed by atoms with van der Waals surface area (Å²) in [7, 11) is -3.40. The van der Waals surface area contributed by atoms with Crippen LogP contribution in [0.15, 0.2) is 0 Å². The van der Waals surface area contributed by atoms with Crippen LogP contribution >= 0.6 is 0 Å². The first-order chi connectivity index (χ1) is 8.06. The van der Waals surface area contributed by atoms with E-state index in [-0.39, 0.29) is 12.4 Å². The molecule has 0 saturated carbocycles. The van der Waals surface area contributed by atoms with Gasteiger partial charge in [0.2, 0.25) is 10.0 Å². The number of ether oxygens (including phenoxy) is 2. The first-order valence-electron chi connectivity index (χ1n) is 6.22. The number of unbranched alkanes of at least 4 members (excludes halogenated alkanes) is 4. The van der Waals surface area contributed by atoms with Crippen LogP contribution in [0, 0.1) is 0 Å². The van der Waals surface area contributed by atoms with E-state index < -0.39 is 10.0 Å². The smallest absolute Gasteiger partial charge is 0.211 e. The van der Waals surface area contributed by atoms with Gasteiger partial charge in [0.05, 0.1) is 25.6 Å². The quantitative estimate of drug-likeness (QED) is 0.540. The Hall–Kier alpha value is -0.170. The van der Waals surface area contributed by atoms with Crippen LogP contribution in [0.5, 0.6) is 0 Å². The zero-order chi connectivity index (χ0) is 13.0. The van der Waals surface area contributed by atoms with Crippen molar-refractivity contribution in [2.24, 2.45) is 5.14 Å². The second-order valence-electron chi connectivity index (χ2n) is 4.01. The Morgan fingerprint density at radius 2 is 1.47 bits per heavy atom. The molecule has 5 nitrogen and oxygen atoms in total. The average Bonchev–Trinajstić information content (AvgIpc) is 2.24. The lowest BCUT2D eigenvalue weighted by Gasteiger charge is -2.05. The van der Waals surface area contributed by atoms with Gasteiger partial charge >= 0.3 is 0 Å². The van der Waals surface area contributed by atoms with Crippen LogP contribution in [-0.2, 0) is 19.5 Å². The fourth-order valence-corrected chi connectivity index (χ4v) is 1.65. The van der Waals surface area contributed by atoms with Gasteiger partial charge < -0.3 is 9.47 Å². The van der Waals surface area contributed by atoms with Gasteiger partial charge in [0.1, 0.15) is 0 Å². The molecule has 2 N–H and O–H groups in total. The van der Waals surface area contributed by atoms with Crippen molar-refractivity contribution in [2.45, 2.75) is 39.0 Å². The Bertz CT molecular complexity index is 254. The highest BCUT2D eigenvalue weighted by atomic mass is 32.2. The van der Waals surface area contributed by atoms with E-state index in [0.29, 0.717) is 13.2 Å². The molecule has 0 spiro atoms. The molecule has 0 fully saturated rings. The molecule has 17 heavy (non-hydrogen) atoms. The normalized spacial score (nSPS) is 11.9. The van der Waals surface area contributed by atoms with Gasteiger partial charge in [0.15, 0.2) is 0 Å². The maximum atomic E-state index is 10.6. The minimum atomic E-state index is -3.40. The number of primary sulfonamides is 1. The van der Waals surface area contributed by atoms with E-state index in [4.69, 9.17) is 14.6 Å². The molecule has 0 aromatic rings. The van der Waals surface area contributed by atoms with Gasteiger partial charge in [-0.2, -0.15) is 0 Å². The highest BCUT2D eigenvalue weighted by molar-refractivity contribution is 7.89. The van der Waals surface area contributed by atoms with Crippen LogP contribution in [0.3, 0.4) is 0 Å². The van der Waals surface area contributed by atoms with Crippen molar-refractivity contribution in [1.82, 2.24) is 0 Å². The second-order valence-corrected chi connectivity index (χ2v) is 5.74. The SMILES string of the molecule is CCCCCCCOCCOCCS(N)(=O)=O. The molecule has 0 aromatic heterocycles. The minimum Gasteiger partial charge on any atom is -0.379 e. The molecule has 0 aliphatic rings. The van der Waals surface area contributed by atoms with Crippen LogP contribution in [0.2, 0.25) is 0 Å². The molecular weight excluding hydrogens is 242 g/mol. The third kappa shape index (κ3) is 15.8. The van der Waals surface area contributed by atoms with Crippen molar-refractivity contribution in [3.63, 3.8) is 0 Å². The van der Waals surface area contributed by atoms with Crippen LogP contribution in [0.1, 0.15) is 39.0 Å². The van der Waals surface area contributed by atoms with E-state index in [1.54, 1.807) is 0 Å². The molecular formula is C11H25NO4S. The van der Waals surface area contributed by atoms with E-state index in [2.05, 4.69) is 6.92 Å². The van der Waals surface area contributed by atoms with E-state index in [1.165, 1.54) is 25.7 Å². The largest absolute Gasteiger partial charge is 0.379 e. The first-order valence-corrected chi connectivity index (χ1v) is 7.93. The van der Waals surface area contributed by atoms with Crippen molar-refractivity contribution < 1.29 is 17.9 Å². The van der Waals surface area contributed by atoms with E-state index in [1.807, 2.05) is 0 Å². The molecule has 0 unspecified atom stereocenters. The molecule has 0 amide bonds. The first kappa shape index (κ1) is 16.8. The van der Waals surface area contributed by atoms with Crippen molar-refractivity contribution in [1.29, 1.82) is 0 Å². The number of rotatable bonds is 12. The highest BCUT2D eigenvalue weighted by Gasteiger charge is 2.01. The van der Waals surface area contributed by atoms with Crippen molar-refractivity contribution >= 4 is 10.0 Å². The predicted molar refractivity (Wildman–Crippen MR) is 68.4 cm³/mol. The Balaban J connectivity index is 3.04. The second kappa shape index (κ2) is 11.0. The summed E-state index contributed by atoms with van der Waals surface area (Å²) in [5, 5.41) is 4.82. The van der Waals surface area contributed by atoms with Gasteiger partial charge in [0, 0.05) is 6.61 Å². The number of hydrogen-bond donors (Lipinski definition) is 1. The highest BCUT2D eigenvalue weighted by Crippen LogP contribution is 2.02. The summed E-state index contributed by atoms with van der Waals surface area (Å²) in [6.07, 6.45) is 6.09.